The predicted molar refractivity (Wildman–Crippen MR) is 139 cm³/mol. The molecule has 0 aromatic heterocycles. The van der Waals surface area contributed by atoms with Crippen molar-refractivity contribution in [2.75, 3.05) is 6.54 Å². The van der Waals surface area contributed by atoms with Crippen LogP contribution in [0.15, 0.2) is 78.9 Å². The van der Waals surface area contributed by atoms with E-state index in [4.69, 9.17) is 11.6 Å². The first-order chi connectivity index (χ1) is 17.0. The van der Waals surface area contributed by atoms with Gasteiger partial charge in [-0.25, -0.2) is 4.39 Å². The van der Waals surface area contributed by atoms with E-state index < -0.39 is 6.04 Å². The van der Waals surface area contributed by atoms with E-state index in [-0.39, 0.29) is 30.6 Å². The Morgan fingerprint density at radius 3 is 2.20 bits per heavy atom. The molecule has 184 valence electrons. The van der Waals surface area contributed by atoms with E-state index in [1.165, 1.54) is 12.1 Å². The van der Waals surface area contributed by atoms with Crippen molar-refractivity contribution in [1.29, 1.82) is 0 Å². The molecule has 35 heavy (non-hydrogen) atoms. The normalized spacial score (nSPS) is 11.6. The molecule has 0 radical (unpaired) electrons. The van der Waals surface area contributed by atoms with Crippen LogP contribution in [-0.4, -0.2) is 29.3 Å². The second-order valence-corrected chi connectivity index (χ2v) is 9.09. The first-order valence-electron chi connectivity index (χ1n) is 12.1. The van der Waals surface area contributed by atoms with Crippen molar-refractivity contribution in [2.45, 2.75) is 51.6 Å². The summed E-state index contributed by atoms with van der Waals surface area (Å²) in [6, 6.07) is 22.1. The standard InChI is InChI=1S/C29H32ClFN2O2/c1-2-3-7-18-32-29(35)27(19-22-8-5-4-6-9-22)33(21-24-12-16-26(31)17-13-24)28(34)20-23-10-14-25(30)15-11-23/h4-6,8-17,27H,2-3,7,18-21H2,1H3,(H,32,35). The molecular weight excluding hydrogens is 463 g/mol. The molecule has 3 aromatic carbocycles. The molecule has 0 spiro atoms. The molecule has 1 unspecified atom stereocenters. The lowest BCUT2D eigenvalue weighted by molar-refractivity contribution is -0.140. The summed E-state index contributed by atoms with van der Waals surface area (Å²) < 4.78 is 13.5. The SMILES string of the molecule is CCCCCNC(=O)C(Cc1ccccc1)N(Cc1ccc(F)cc1)C(=O)Cc1ccc(Cl)cc1. The van der Waals surface area contributed by atoms with E-state index in [2.05, 4.69) is 12.2 Å². The van der Waals surface area contributed by atoms with Crippen LogP contribution in [-0.2, 0) is 29.0 Å². The van der Waals surface area contributed by atoms with Crippen LogP contribution in [0.3, 0.4) is 0 Å². The van der Waals surface area contributed by atoms with Gasteiger partial charge in [-0.1, -0.05) is 86.0 Å². The molecule has 3 aromatic rings. The van der Waals surface area contributed by atoms with Gasteiger partial charge in [0.05, 0.1) is 6.42 Å². The summed E-state index contributed by atoms with van der Waals surface area (Å²) in [5, 5.41) is 3.62. The van der Waals surface area contributed by atoms with Crippen molar-refractivity contribution in [2.24, 2.45) is 0 Å². The number of amides is 2. The smallest absolute Gasteiger partial charge is 0.243 e. The maximum Gasteiger partial charge on any atom is 0.243 e. The summed E-state index contributed by atoms with van der Waals surface area (Å²) in [6.45, 7) is 2.88. The number of halogens is 2. The Labute approximate surface area is 212 Å². The topological polar surface area (TPSA) is 49.4 Å². The van der Waals surface area contributed by atoms with Crippen molar-refractivity contribution >= 4 is 23.4 Å². The minimum atomic E-state index is -0.705. The van der Waals surface area contributed by atoms with Crippen molar-refractivity contribution in [3.05, 3.63) is 106 Å². The summed E-state index contributed by atoms with van der Waals surface area (Å²) in [4.78, 5) is 28.7. The van der Waals surface area contributed by atoms with Gasteiger partial charge in [-0.3, -0.25) is 9.59 Å². The number of nitrogens with one attached hydrogen (secondary N) is 1. The molecule has 0 saturated carbocycles. The first kappa shape index (κ1) is 26.4. The average Bonchev–Trinajstić information content (AvgIpc) is 2.87. The quantitative estimate of drug-likeness (QED) is 0.315. The monoisotopic (exact) mass is 494 g/mol. The Kier molecular flexibility index (Phi) is 10.3. The summed E-state index contributed by atoms with van der Waals surface area (Å²) in [7, 11) is 0. The Balaban J connectivity index is 1.90. The molecule has 0 saturated heterocycles. The van der Waals surface area contributed by atoms with E-state index >= 15 is 0 Å². The third kappa shape index (κ3) is 8.52. The number of rotatable bonds is 12. The zero-order valence-corrected chi connectivity index (χ0v) is 20.8. The number of hydrogen-bond acceptors (Lipinski definition) is 2. The number of unbranched alkanes of at least 4 members (excludes halogenated alkanes) is 2. The fourth-order valence-electron chi connectivity index (χ4n) is 3.92. The van der Waals surface area contributed by atoms with Gasteiger partial charge in [0.25, 0.3) is 0 Å². The Morgan fingerprint density at radius 2 is 1.54 bits per heavy atom. The number of hydrogen-bond donors (Lipinski definition) is 1. The molecule has 1 atom stereocenters. The second-order valence-electron chi connectivity index (χ2n) is 8.66. The predicted octanol–water partition coefficient (Wildman–Crippen LogP) is 5.97. The largest absolute Gasteiger partial charge is 0.354 e. The first-order valence-corrected chi connectivity index (χ1v) is 12.4. The average molecular weight is 495 g/mol. The minimum Gasteiger partial charge on any atom is -0.354 e. The van der Waals surface area contributed by atoms with Gasteiger partial charge >= 0.3 is 0 Å². The highest BCUT2D eigenvalue weighted by atomic mass is 35.5. The second kappa shape index (κ2) is 13.6. The van der Waals surface area contributed by atoms with Crippen LogP contribution < -0.4 is 5.32 Å². The Bertz CT molecular complexity index is 1070. The lowest BCUT2D eigenvalue weighted by Crippen LogP contribution is -2.51. The van der Waals surface area contributed by atoms with Crippen LogP contribution in [0.1, 0.15) is 42.9 Å². The third-order valence-electron chi connectivity index (χ3n) is 5.89. The molecule has 0 heterocycles. The fraction of sp³-hybridized carbons (Fsp3) is 0.310. The molecule has 0 aliphatic rings. The zero-order valence-electron chi connectivity index (χ0n) is 20.1. The molecule has 6 heteroatoms. The number of benzene rings is 3. The highest BCUT2D eigenvalue weighted by Gasteiger charge is 2.30. The van der Waals surface area contributed by atoms with Crippen LogP contribution in [0, 0.1) is 5.82 Å². The Hall–Kier alpha value is -3.18. The van der Waals surface area contributed by atoms with Gasteiger partial charge in [0, 0.05) is 24.5 Å². The lowest BCUT2D eigenvalue weighted by atomic mass is 10.0. The van der Waals surface area contributed by atoms with Crippen LogP contribution in [0.2, 0.25) is 5.02 Å². The summed E-state index contributed by atoms with van der Waals surface area (Å²) in [6.07, 6.45) is 3.48. The van der Waals surface area contributed by atoms with Gasteiger partial charge in [0.1, 0.15) is 11.9 Å². The maximum atomic E-state index is 13.6. The highest BCUT2D eigenvalue weighted by molar-refractivity contribution is 6.30. The molecule has 3 rings (SSSR count). The summed E-state index contributed by atoms with van der Waals surface area (Å²) >= 11 is 6.01. The third-order valence-corrected chi connectivity index (χ3v) is 6.14. The van der Waals surface area contributed by atoms with Crippen LogP contribution in [0.5, 0.6) is 0 Å². The molecule has 0 fully saturated rings. The number of carbonyl (C=O) groups is 2. The maximum absolute atomic E-state index is 13.6. The molecule has 1 N–H and O–H groups in total. The van der Waals surface area contributed by atoms with E-state index in [9.17, 15) is 14.0 Å². The highest BCUT2D eigenvalue weighted by Crippen LogP contribution is 2.18. The van der Waals surface area contributed by atoms with Crippen molar-refractivity contribution in [3.63, 3.8) is 0 Å². The van der Waals surface area contributed by atoms with Crippen LogP contribution in [0.25, 0.3) is 0 Å². The molecule has 4 nitrogen and oxygen atoms in total. The van der Waals surface area contributed by atoms with Crippen molar-refractivity contribution in [1.82, 2.24) is 10.2 Å². The summed E-state index contributed by atoms with van der Waals surface area (Å²) in [5.41, 5.74) is 2.53. The fourth-order valence-corrected chi connectivity index (χ4v) is 4.05. The van der Waals surface area contributed by atoms with Gasteiger partial charge in [-0.05, 0) is 47.4 Å². The zero-order chi connectivity index (χ0) is 25.0. The minimum absolute atomic E-state index is 0.132. The van der Waals surface area contributed by atoms with Crippen LogP contribution in [0.4, 0.5) is 4.39 Å². The van der Waals surface area contributed by atoms with Gasteiger partial charge < -0.3 is 10.2 Å². The molecule has 2 amide bonds. The number of carbonyl (C=O) groups excluding carboxylic acids is 2. The van der Waals surface area contributed by atoms with Crippen molar-refractivity contribution < 1.29 is 14.0 Å². The van der Waals surface area contributed by atoms with Gasteiger partial charge in [0.2, 0.25) is 11.8 Å². The van der Waals surface area contributed by atoms with Gasteiger partial charge in [0.15, 0.2) is 0 Å². The lowest BCUT2D eigenvalue weighted by Gasteiger charge is -2.31. The Morgan fingerprint density at radius 1 is 0.886 bits per heavy atom. The van der Waals surface area contributed by atoms with E-state index in [0.717, 1.165) is 36.0 Å². The van der Waals surface area contributed by atoms with E-state index in [1.54, 1.807) is 29.2 Å². The number of nitrogens with zero attached hydrogens (tertiary/aromatic N) is 1. The van der Waals surface area contributed by atoms with Crippen molar-refractivity contribution in [3.8, 4) is 0 Å². The van der Waals surface area contributed by atoms with Crippen LogP contribution >= 0.6 is 11.6 Å². The van der Waals surface area contributed by atoms with Gasteiger partial charge in [-0.2, -0.15) is 0 Å². The van der Waals surface area contributed by atoms with E-state index in [0.29, 0.717) is 18.0 Å². The van der Waals surface area contributed by atoms with E-state index in [1.807, 2.05) is 42.5 Å². The molecule has 0 aliphatic heterocycles. The molecule has 0 bridgehead atoms. The summed E-state index contributed by atoms with van der Waals surface area (Å²) in [5.74, 6) is -0.708. The van der Waals surface area contributed by atoms with Gasteiger partial charge in [-0.15, -0.1) is 0 Å². The molecule has 0 aliphatic carbocycles. The molecular formula is C29H32ClFN2O2.